The van der Waals surface area contributed by atoms with Crippen molar-refractivity contribution in [2.75, 3.05) is 6.61 Å². The molecular weight excluding hydrogens is 286 g/mol. The number of esters is 1. The molecule has 1 heterocycles. The molecule has 1 aromatic heterocycles. The lowest BCUT2D eigenvalue weighted by Gasteiger charge is -2.08. The van der Waals surface area contributed by atoms with Crippen molar-refractivity contribution in [1.29, 1.82) is 0 Å². The number of rotatable bonds is 7. The first kappa shape index (κ1) is 15.6. The molecule has 1 unspecified atom stereocenters. The number of benzene rings is 1. The summed E-state index contributed by atoms with van der Waals surface area (Å²) in [5.74, 6) is -0.218. The number of thioether (sulfide) groups is 1. The third-order valence-corrected chi connectivity index (χ3v) is 3.79. The summed E-state index contributed by atoms with van der Waals surface area (Å²) in [7, 11) is 0. The van der Waals surface area contributed by atoms with Crippen molar-refractivity contribution in [3.63, 3.8) is 0 Å². The third kappa shape index (κ3) is 4.60. The van der Waals surface area contributed by atoms with Crippen molar-refractivity contribution in [2.24, 2.45) is 0 Å². The van der Waals surface area contributed by atoms with Gasteiger partial charge in [0.1, 0.15) is 11.6 Å². The molecule has 6 heteroatoms. The molecule has 0 bridgehead atoms. The van der Waals surface area contributed by atoms with Gasteiger partial charge in [0.2, 0.25) is 5.16 Å². The highest BCUT2D eigenvalue weighted by molar-refractivity contribution is 8.00. The van der Waals surface area contributed by atoms with Crippen LogP contribution in [0.25, 0.3) is 5.69 Å². The van der Waals surface area contributed by atoms with Gasteiger partial charge in [-0.25, -0.2) is 9.67 Å². The Bertz CT molecular complexity index is 571. The third-order valence-electron chi connectivity index (χ3n) is 2.85. The summed E-state index contributed by atoms with van der Waals surface area (Å²) in [5, 5.41) is 4.62. The van der Waals surface area contributed by atoms with Crippen molar-refractivity contribution < 1.29 is 9.53 Å². The van der Waals surface area contributed by atoms with E-state index >= 15 is 0 Å². The van der Waals surface area contributed by atoms with Crippen LogP contribution in [0.1, 0.15) is 26.7 Å². The number of para-hydroxylation sites is 1. The number of carbonyl (C=O) groups is 1. The highest BCUT2D eigenvalue weighted by Gasteiger charge is 2.18. The van der Waals surface area contributed by atoms with Crippen molar-refractivity contribution in [1.82, 2.24) is 14.8 Å². The molecule has 0 aliphatic carbocycles. The molecule has 0 aliphatic rings. The number of nitrogens with zero attached hydrogens (tertiary/aromatic N) is 3. The fourth-order valence-electron chi connectivity index (χ4n) is 1.65. The van der Waals surface area contributed by atoms with E-state index in [1.165, 1.54) is 11.8 Å². The summed E-state index contributed by atoms with van der Waals surface area (Å²) in [6.45, 7) is 4.35. The van der Waals surface area contributed by atoms with E-state index in [1.807, 2.05) is 37.3 Å². The van der Waals surface area contributed by atoms with Crippen LogP contribution in [0.3, 0.4) is 0 Å². The van der Waals surface area contributed by atoms with Crippen LogP contribution in [0.2, 0.25) is 0 Å². The molecule has 0 saturated carbocycles. The minimum Gasteiger partial charge on any atom is -0.465 e. The van der Waals surface area contributed by atoms with Crippen LogP contribution in [-0.4, -0.2) is 32.6 Å². The predicted molar refractivity (Wildman–Crippen MR) is 82.5 cm³/mol. The second-order valence-corrected chi connectivity index (χ2v) is 5.90. The monoisotopic (exact) mass is 305 g/mol. The maximum Gasteiger partial charge on any atom is 0.319 e. The maximum absolute atomic E-state index is 11.8. The fourth-order valence-corrected chi connectivity index (χ4v) is 2.37. The van der Waals surface area contributed by atoms with Gasteiger partial charge in [-0.05, 0) is 25.5 Å². The zero-order valence-corrected chi connectivity index (χ0v) is 13.0. The van der Waals surface area contributed by atoms with E-state index in [-0.39, 0.29) is 11.2 Å². The van der Waals surface area contributed by atoms with E-state index in [0.29, 0.717) is 11.8 Å². The quantitative estimate of drug-likeness (QED) is 0.447. The molecule has 0 saturated heterocycles. The summed E-state index contributed by atoms with van der Waals surface area (Å²) in [4.78, 5) is 16.0. The Hall–Kier alpha value is -1.82. The van der Waals surface area contributed by atoms with Gasteiger partial charge in [0.15, 0.2) is 0 Å². The molecule has 2 aromatic rings. The van der Waals surface area contributed by atoms with E-state index in [0.717, 1.165) is 18.5 Å². The van der Waals surface area contributed by atoms with Gasteiger partial charge in [-0.2, -0.15) is 0 Å². The van der Waals surface area contributed by atoms with Gasteiger partial charge in [0.25, 0.3) is 0 Å². The van der Waals surface area contributed by atoms with Gasteiger partial charge < -0.3 is 4.74 Å². The van der Waals surface area contributed by atoms with E-state index in [9.17, 15) is 4.79 Å². The Balaban J connectivity index is 1.91. The van der Waals surface area contributed by atoms with Crippen LogP contribution >= 0.6 is 11.8 Å². The Morgan fingerprint density at radius 1 is 1.38 bits per heavy atom. The summed E-state index contributed by atoms with van der Waals surface area (Å²) in [6, 6.07) is 9.73. The van der Waals surface area contributed by atoms with E-state index < -0.39 is 0 Å². The van der Waals surface area contributed by atoms with Crippen molar-refractivity contribution in [2.45, 2.75) is 37.1 Å². The second kappa shape index (κ2) is 7.83. The largest absolute Gasteiger partial charge is 0.465 e. The number of unbranched alkanes of at least 4 members (excludes halogenated alkanes) is 1. The number of aromatic nitrogens is 3. The summed E-state index contributed by atoms with van der Waals surface area (Å²) < 4.78 is 6.88. The molecule has 2 rings (SSSR count). The second-order valence-electron chi connectivity index (χ2n) is 4.59. The van der Waals surface area contributed by atoms with Gasteiger partial charge in [-0.15, -0.1) is 5.10 Å². The molecule has 0 radical (unpaired) electrons. The molecule has 5 nitrogen and oxygen atoms in total. The van der Waals surface area contributed by atoms with Crippen LogP contribution in [-0.2, 0) is 9.53 Å². The first-order chi connectivity index (χ1) is 10.2. The first-order valence-corrected chi connectivity index (χ1v) is 7.89. The van der Waals surface area contributed by atoms with Gasteiger partial charge in [0, 0.05) is 0 Å². The van der Waals surface area contributed by atoms with Crippen LogP contribution in [0, 0.1) is 0 Å². The summed E-state index contributed by atoms with van der Waals surface area (Å²) >= 11 is 1.31. The van der Waals surface area contributed by atoms with Crippen LogP contribution in [0.5, 0.6) is 0 Å². The lowest BCUT2D eigenvalue weighted by molar-refractivity contribution is -0.142. The maximum atomic E-state index is 11.8. The van der Waals surface area contributed by atoms with E-state index in [1.54, 1.807) is 11.0 Å². The minimum absolute atomic E-state index is 0.218. The molecule has 0 spiro atoms. The average Bonchev–Trinajstić information content (AvgIpc) is 2.97. The normalized spacial score (nSPS) is 12.1. The van der Waals surface area contributed by atoms with Crippen LogP contribution in [0.4, 0.5) is 0 Å². The Kier molecular flexibility index (Phi) is 5.80. The van der Waals surface area contributed by atoms with Gasteiger partial charge in [-0.3, -0.25) is 4.79 Å². The minimum atomic E-state index is -0.312. The molecule has 0 aliphatic heterocycles. The number of hydrogen-bond acceptors (Lipinski definition) is 5. The Morgan fingerprint density at radius 2 is 2.14 bits per heavy atom. The standard InChI is InChI=1S/C15H19N3O2S/c1-3-4-10-20-14(19)12(2)21-15-16-11-18(17-15)13-8-6-5-7-9-13/h5-9,11-12H,3-4,10H2,1-2H3. The topological polar surface area (TPSA) is 57.0 Å². The van der Waals surface area contributed by atoms with Crippen LogP contribution < -0.4 is 0 Å². The smallest absolute Gasteiger partial charge is 0.319 e. The average molecular weight is 305 g/mol. The molecule has 21 heavy (non-hydrogen) atoms. The lowest BCUT2D eigenvalue weighted by atomic mass is 10.3. The SMILES string of the molecule is CCCCOC(=O)C(C)Sc1ncn(-c2ccccc2)n1. The predicted octanol–water partition coefficient (Wildman–Crippen LogP) is 3.09. The van der Waals surface area contributed by atoms with Gasteiger partial charge in [0.05, 0.1) is 12.3 Å². The Morgan fingerprint density at radius 3 is 2.86 bits per heavy atom. The number of hydrogen-bond donors (Lipinski definition) is 0. The highest BCUT2D eigenvalue weighted by Crippen LogP contribution is 2.20. The molecule has 1 aromatic carbocycles. The molecule has 0 amide bonds. The number of ether oxygens (including phenoxy) is 1. The van der Waals surface area contributed by atoms with Gasteiger partial charge >= 0.3 is 5.97 Å². The molecule has 0 fully saturated rings. The Labute approximate surface area is 128 Å². The highest BCUT2D eigenvalue weighted by atomic mass is 32.2. The molecule has 112 valence electrons. The first-order valence-electron chi connectivity index (χ1n) is 7.01. The van der Waals surface area contributed by atoms with Crippen LogP contribution in [0.15, 0.2) is 41.8 Å². The zero-order chi connectivity index (χ0) is 15.1. The molecule has 0 N–H and O–H groups in total. The van der Waals surface area contributed by atoms with Crippen molar-refractivity contribution in [3.8, 4) is 5.69 Å². The summed E-state index contributed by atoms with van der Waals surface area (Å²) in [5.41, 5.74) is 0.940. The lowest BCUT2D eigenvalue weighted by Crippen LogP contribution is -2.17. The number of carbonyl (C=O) groups excluding carboxylic acids is 1. The summed E-state index contributed by atoms with van der Waals surface area (Å²) in [6.07, 6.45) is 3.55. The molecular formula is C15H19N3O2S. The van der Waals surface area contributed by atoms with E-state index in [4.69, 9.17) is 4.74 Å². The zero-order valence-electron chi connectivity index (χ0n) is 12.2. The van der Waals surface area contributed by atoms with Crippen molar-refractivity contribution in [3.05, 3.63) is 36.7 Å². The van der Waals surface area contributed by atoms with Crippen molar-refractivity contribution >= 4 is 17.7 Å². The van der Waals surface area contributed by atoms with E-state index in [2.05, 4.69) is 17.0 Å². The fraction of sp³-hybridized carbons (Fsp3) is 0.400. The molecule has 1 atom stereocenters. The van der Waals surface area contributed by atoms with Gasteiger partial charge in [-0.1, -0.05) is 43.3 Å².